The number of nitrogens with two attached hydrogens (primary N) is 1. The van der Waals surface area contributed by atoms with Crippen molar-refractivity contribution in [2.45, 2.75) is 25.2 Å². The third-order valence-electron chi connectivity index (χ3n) is 3.98. The zero-order valence-electron chi connectivity index (χ0n) is 11.5. The molecule has 2 atom stereocenters. The van der Waals surface area contributed by atoms with Gasteiger partial charge in [-0.2, -0.15) is 5.26 Å². The van der Waals surface area contributed by atoms with Gasteiger partial charge in [-0.3, -0.25) is 0 Å². The van der Waals surface area contributed by atoms with Gasteiger partial charge < -0.3 is 10.6 Å². The molecule has 3 nitrogen and oxygen atoms in total. The van der Waals surface area contributed by atoms with E-state index in [1.165, 1.54) is 12.8 Å². The summed E-state index contributed by atoms with van der Waals surface area (Å²) in [5, 5.41) is 9.38. The van der Waals surface area contributed by atoms with Crippen molar-refractivity contribution in [3.8, 4) is 6.07 Å². The fraction of sp³-hybridized carbons (Fsp3) is 0.562. The number of hydrogen-bond donors (Lipinski definition) is 1. The van der Waals surface area contributed by atoms with E-state index in [4.69, 9.17) is 5.73 Å². The standard InChI is InChI=1S/C16H23N3/c17-9-8-14-5-4-10-19(12-14)13-16(11-18)15-6-2-1-3-7-15/h1-3,6-7,14,16H,4-5,8-10,12-13,17H2. The van der Waals surface area contributed by atoms with Crippen molar-refractivity contribution in [1.29, 1.82) is 5.26 Å². The summed E-state index contributed by atoms with van der Waals surface area (Å²) in [6, 6.07) is 12.6. The predicted octanol–water partition coefficient (Wildman–Crippen LogP) is 2.35. The summed E-state index contributed by atoms with van der Waals surface area (Å²) >= 11 is 0. The molecule has 1 aliphatic rings. The molecular weight excluding hydrogens is 234 g/mol. The second-order valence-corrected chi connectivity index (χ2v) is 5.44. The highest BCUT2D eigenvalue weighted by molar-refractivity contribution is 5.25. The zero-order chi connectivity index (χ0) is 13.5. The minimum absolute atomic E-state index is 0.0159. The molecule has 3 heteroatoms. The number of benzene rings is 1. The van der Waals surface area contributed by atoms with Gasteiger partial charge in [-0.25, -0.2) is 0 Å². The Morgan fingerprint density at radius 3 is 2.84 bits per heavy atom. The molecule has 1 heterocycles. The van der Waals surface area contributed by atoms with E-state index < -0.39 is 0 Å². The molecule has 102 valence electrons. The molecule has 1 aromatic rings. The number of hydrogen-bond acceptors (Lipinski definition) is 3. The Morgan fingerprint density at radius 2 is 2.16 bits per heavy atom. The molecular formula is C16H23N3. The smallest absolute Gasteiger partial charge is 0.0839 e. The molecule has 0 radical (unpaired) electrons. The lowest BCUT2D eigenvalue weighted by atomic mass is 9.93. The summed E-state index contributed by atoms with van der Waals surface area (Å²) in [7, 11) is 0. The van der Waals surface area contributed by atoms with Crippen LogP contribution in [-0.4, -0.2) is 31.1 Å². The summed E-state index contributed by atoms with van der Waals surface area (Å²) in [5.41, 5.74) is 6.78. The molecule has 0 aromatic heterocycles. The van der Waals surface area contributed by atoms with Crippen LogP contribution in [0, 0.1) is 17.2 Å². The van der Waals surface area contributed by atoms with E-state index in [-0.39, 0.29) is 5.92 Å². The van der Waals surface area contributed by atoms with Gasteiger partial charge in [0.05, 0.1) is 12.0 Å². The van der Waals surface area contributed by atoms with Gasteiger partial charge in [0.2, 0.25) is 0 Å². The first-order chi connectivity index (χ1) is 9.33. The van der Waals surface area contributed by atoms with Gasteiger partial charge in [0.25, 0.3) is 0 Å². The third kappa shape index (κ3) is 4.05. The Balaban J connectivity index is 1.93. The number of nitrogens with zero attached hydrogens (tertiary/aromatic N) is 2. The van der Waals surface area contributed by atoms with Crippen molar-refractivity contribution >= 4 is 0 Å². The highest BCUT2D eigenvalue weighted by Crippen LogP contribution is 2.22. The lowest BCUT2D eigenvalue weighted by Gasteiger charge is -2.33. The van der Waals surface area contributed by atoms with Crippen molar-refractivity contribution < 1.29 is 0 Å². The summed E-state index contributed by atoms with van der Waals surface area (Å²) in [5.74, 6) is 0.701. The Kier molecular flexibility index (Phi) is 5.38. The monoisotopic (exact) mass is 257 g/mol. The van der Waals surface area contributed by atoms with Gasteiger partial charge in [0.1, 0.15) is 0 Å². The molecule has 1 saturated heterocycles. The fourth-order valence-electron chi connectivity index (χ4n) is 2.95. The molecule has 19 heavy (non-hydrogen) atoms. The maximum absolute atomic E-state index is 9.38. The molecule has 0 bridgehead atoms. The van der Waals surface area contributed by atoms with E-state index in [1.807, 2.05) is 18.2 Å². The maximum atomic E-state index is 9.38. The van der Waals surface area contributed by atoms with Crippen LogP contribution in [-0.2, 0) is 0 Å². The molecule has 1 aromatic carbocycles. The molecule has 0 aliphatic carbocycles. The average Bonchev–Trinajstić information content (AvgIpc) is 2.46. The largest absolute Gasteiger partial charge is 0.330 e. The van der Waals surface area contributed by atoms with Crippen molar-refractivity contribution in [2.75, 3.05) is 26.2 Å². The Bertz CT molecular complexity index is 408. The van der Waals surface area contributed by atoms with E-state index in [1.54, 1.807) is 0 Å². The van der Waals surface area contributed by atoms with Crippen LogP contribution in [0.25, 0.3) is 0 Å². The van der Waals surface area contributed by atoms with Crippen LogP contribution in [0.2, 0.25) is 0 Å². The molecule has 1 aliphatic heterocycles. The third-order valence-corrected chi connectivity index (χ3v) is 3.98. The first kappa shape index (κ1) is 14.0. The number of nitriles is 1. The van der Waals surface area contributed by atoms with Crippen molar-refractivity contribution in [2.24, 2.45) is 11.7 Å². The van der Waals surface area contributed by atoms with E-state index in [9.17, 15) is 5.26 Å². The topological polar surface area (TPSA) is 53.0 Å². The normalized spacial score (nSPS) is 21.8. The van der Waals surface area contributed by atoms with Crippen LogP contribution < -0.4 is 5.73 Å². The summed E-state index contributed by atoms with van der Waals surface area (Å²) in [6.07, 6.45) is 3.63. The van der Waals surface area contributed by atoms with Crippen LogP contribution in [0.3, 0.4) is 0 Å². The van der Waals surface area contributed by atoms with Gasteiger partial charge in [0, 0.05) is 13.1 Å². The number of piperidine rings is 1. The highest BCUT2D eigenvalue weighted by atomic mass is 15.1. The number of likely N-dealkylation sites (tertiary alicyclic amines) is 1. The molecule has 2 unspecified atom stereocenters. The Morgan fingerprint density at radius 1 is 1.37 bits per heavy atom. The van der Waals surface area contributed by atoms with Crippen molar-refractivity contribution in [3.05, 3.63) is 35.9 Å². The van der Waals surface area contributed by atoms with Crippen LogP contribution in [0.4, 0.5) is 0 Å². The van der Waals surface area contributed by atoms with Crippen LogP contribution in [0.15, 0.2) is 30.3 Å². The fourth-order valence-corrected chi connectivity index (χ4v) is 2.95. The second kappa shape index (κ2) is 7.28. The molecule has 2 N–H and O–H groups in total. The maximum Gasteiger partial charge on any atom is 0.0839 e. The number of rotatable bonds is 5. The first-order valence-corrected chi connectivity index (χ1v) is 7.20. The van der Waals surface area contributed by atoms with Crippen molar-refractivity contribution in [1.82, 2.24) is 4.90 Å². The molecule has 0 saturated carbocycles. The van der Waals surface area contributed by atoms with Crippen LogP contribution >= 0.6 is 0 Å². The van der Waals surface area contributed by atoms with Crippen LogP contribution in [0.5, 0.6) is 0 Å². The molecule has 1 fully saturated rings. The van der Waals surface area contributed by atoms with Gasteiger partial charge in [0.15, 0.2) is 0 Å². The molecule has 2 rings (SSSR count). The molecule has 0 spiro atoms. The van der Waals surface area contributed by atoms with Crippen molar-refractivity contribution in [3.63, 3.8) is 0 Å². The quantitative estimate of drug-likeness (QED) is 0.881. The first-order valence-electron chi connectivity index (χ1n) is 7.20. The minimum Gasteiger partial charge on any atom is -0.330 e. The van der Waals surface area contributed by atoms with E-state index in [0.29, 0.717) is 5.92 Å². The summed E-state index contributed by atoms with van der Waals surface area (Å²) < 4.78 is 0. The Labute approximate surface area is 116 Å². The minimum atomic E-state index is -0.0159. The summed E-state index contributed by atoms with van der Waals surface area (Å²) in [4.78, 5) is 2.44. The predicted molar refractivity (Wildman–Crippen MR) is 77.6 cm³/mol. The van der Waals surface area contributed by atoms with E-state index in [0.717, 1.165) is 38.2 Å². The van der Waals surface area contributed by atoms with Crippen LogP contribution in [0.1, 0.15) is 30.7 Å². The average molecular weight is 257 g/mol. The lowest BCUT2D eigenvalue weighted by Crippen LogP contribution is -2.38. The highest BCUT2D eigenvalue weighted by Gasteiger charge is 2.22. The molecule has 0 amide bonds. The SMILES string of the molecule is N#CC(CN1CCCC(CCN)C1)c1ccccc1. The van der Waals surface area contributed by atoms with Gasteiger partial charge in [-0.1, -0.05) is 30.3 Å². The van der Waals surface area contributed by atoms with E-state index >= 15 is 0 Å². The lowest BCUT2D eigenvalue weighted by molar-refractivity contribution is 0.167. The zero-order valence-corrected chi connectivity index (χ0v) is 11.5. The van der Waals surface area contributed by atoms with Gasteiger partial charge in [-0.05, 0) is 43.8 Å². The summed E-state index contributed by atoms with van der Waals surface area (Å²) in [6.45, 7) is 3.84. The van der Waals surface area contributed by atoms with Gasteiger partial charge in [-0.15, -0.1) is 0 Å². The Hall–Kier alpha value is -1.37. The van der Waals surface area contributed by atoms with E-state index in [2.05, 4.69) is 23.1 Å². The second-order valence-electron chi connectivity index (χ2n) is 5.44. The van der Waals surface area contributed by atoms with Gasteiger partial charge >= 0.3 is 0 Å².